The molecule has 0 radical (unpaired) electrons. The predicted molar refractivity (Wildman–Crippen MR) is 72.7 cm³/mol. The Morgan fingerprint density at radius 1 is 1.30 bits per heavy atom. The van der Waals surface area contributed by atoms with Crippen LogP contribution in [0.25, 0.3) is 0 Å². The Morgan fingerprint density at radius 2 is 2.10 bits per heavy atom. The Labute approximate surface area is 118 Å². The van der Waals surface area contributed by atoms with Gasteiger partial charge in [0.2, 0.25) is 11.8 Å². The van der Waals surface area contributed by atoms with E-state index >= 15 is 0 Å². The van der Waals surface area contributed by atoms with E-state index in [2.05, 4.69) is 0 Å². The van der Waals surface area contributed by atoms with E-state index in [0.29, 0.717) is 19.4 Å². The zero-order valence-electron chi connectivity index (χ0n) is 11.6. The summed E-state index contributed by atoms with van der Waals surface area (Å²) in [7, 11) is 0. The van der Waals surface area contributed by atoms with Gasteiger partial charge in [-0.3, -0.25) is 9.59 Å². The molecule has 108 valence electrons. The molecule has 5 heteroatoms. The summed E-state index contributed by atoms with van der Waals surface area (Å²) < 4.78 is 5.30. The second-order valence-electron chi connectivity index (χ2n) is 5.54. The van der Waals surface area contributed by atoms with Crippen LogP contribution in [0.1, 0.15) is 37.9 Å². The standard InChI is InChI=1S/C15H20N2O3/c18-14-7-6-13(15(19)16-8-2-1-3-9-16)17(14)11-12-5-4-10-20-12/h4-5,10,13H,1-3,6-9,11H2. The van der Waals surface area contributed by atoms with Crippen molar-refractivity contribution in [1.82, 2.24) is 9.80 Å². The van der Waals surface area contributed by atoms with Crippen LogP contribution in [-0.2, 0) is 16.1 Å². The average molecular weight is 276 g/mol. The smallest absolute Gasteiger partial charge is 0.245 e. The first-order chi connectivity index (χ1) is 9.75. The van der Waals surface area contributed by atoms with Gasteiger partial charge >= 0.3 is 0 Å². The van der Waals surface area contributed by atoms with Crippen LogP contribution in [0.5, 0.6) is 0 Å². The number of carbonyl (C=O) groups excluding carboxylic acids is 2. The summed E-state index contributed by atoms with van der Waals surface area (Å²) in [5.41, 5.74) is 0. The molecule has 5 nitrogen and oxygen atoms in total. The zero-order valence-corrected chi connectivity index (χ0v) is 11.6. The van der Waals surface area contributed by atoms with Crippen molar-refractivity contribution in [2.24, 2.45) is 0 Å². The topological polar surface area (TPSA) is 53.8 Å². The summed E-state index contributed by atoms with van der Waals surface area (Å²) in [6.45, 7) is 2.06. The van der Waals surface area contributed by atoms with Crippen LogP contribution in [0.4, 0.5) is 0 Å². The van der Waals surface area contributed by atoms with Crippen LogP contribution in [0.15, 0.2) is 22.8 Å². The van der Waals surface area contributed by atoms with Gasteiger partial charge in [-0.1, -0.05) is 0 Å². The van der Waals surface area contributed by atoms with Gasteiger partial charge in [-0.15, -0.1) is 0 Å². The van der Waals surface area contributed by atoms with Gasteiger partial charge in [0.1, 0.15) is 11.8 Å². The molecule has 3 rings (SSSR count). The van der Waals surface area contributed by atoms with Gasteiger partial charge in [0.15, 0.2) is 0 Å². The molecule has 20 heavy (non-hydrogen) atoms. The summed E-state index contributed by atoms with van der Waals surface area (Å²) in [6, 6.07) is 3.34. The van der Waals surface area contributed by atoms with Gasteiger partial charge in [0.05, 0.1) is 12.8 Å². The van der Waals surface area contributed by atoms with Crippen LogP contribution in [0, 0.1) is 0 Å². The summed E-state index contributed by atoms with van der Waals surface area (Å²) in [5.74, 6) is 0.899. The van der Waals surface area contributed by atoms with E-state index in [0.717, 1.165) is 31.7 Å². The number of likely N-dealkylation sites (tertiary alicyclic amines) is 2. The highest BCUT2D eigenvalue weighted by Crippen LogP contribution is 2.24. The van der Waals surface area contributed by atoms with Crippen LogP contribution >= 0.6 is 0 Å². The molecule has 0 N–H and O–H groups in total. The van der Waals surface area contributed by atoms with Crippen LogP contribution in [0.3, 0.4) is 0 Å². The number of amides is 2. The molecule has 1 atom stereocenters. The lowest BCUT2D eigenvalue weighted by molar-refractivity contribution is -0.142. The van der Waals surface area contributed by atoms with E-state index in [4.69, 9.17) is 4.42 Å². The molecule has 3 heterocycles. The molecule has 1 aromatic heterocycles. The van der Waals surface area contributed by atoms with Crippen molar-refractivity contribution in [3.05, 3.63) is 24.2 Å². The zero-order chi connectivity index (χ0) is 13.9. The molecular formula is C15H20N2O3. The fraction of sp³-hybridized carbons (Fsp3) is 0.600. The fourth-order valence-electron chi connectivity index (χ4n) is 3.08. The van der Waals surface area contributed by atoms with Gasteiger partial charge in [-0.2, -0.15) is 0 Å². The van der Waals surface area contributed by atoms with E-state index < -0.39 is 0 Å². The van der Waals surface area contributed by atoms with Crippen molar-refractivity contribution >= 4 is 11.8 Å². The third-order valence-electron chi connectivity index (χ3n) is 4.19. The van der Waals surface area contributed by atoms with Crippen molar-refractivity contribution < 1.29 is 14.0 Å². The number of hydrogen-bond donors (Lipinski definition) is 0. The largest absolute Gasteiger partial charge is 0.467 e. The van der Waals surface area contributed by atoms with Gasteiger partial charge in [-0.25, -0.2) is 0 Å². The SMILES string of the molecule is O=C(C1CCC(=O)N1Cc1ccco1)N1CCCCC1. The molecule has 0 bridgehead atoms. The van der Waals surface area contributed by atoms with Gasteiger partial charge in [-0.05, 0) is 37.8 Å². The second kappa shape index (κ2) is 5.69. The molecule has 0 aliphatic carbocycles. The van der Waals surface area contributed by atoms with Crippen molar-refractivity contribution in [1.29, 1.82) is 0 Å². The Hall–Kier alpha value is -1.78. The minimum absolute atomic E-state index is 0.0526. The van der Waals surface area contributed by atoms with Crippen molar-refractivity contribution in [2.45, 2.75) is 44.7 Å². The molecule has 2 saturated heterocycles. The Balaban J connectivity index is 1.70. The van der Waals surface area contributed by atoms with Crippen LogP contribution < -0.4 is 0 Å². The van der Waals surface area contributed by atoms with E-state index in [1.54, 1.807) is 17.2 Å². The summed E-state index contributed by atoms with van der Waals surface area (Å²) >= 11 is 0. The molecule has 1 aromatic rings. The number of carbonyl (C=O) groups is 2. The number of nitrogens with zero attached hydrogens (tertiary/aromatic N) is 2. The normalized spacial score (nSPS) is 23.4. The van der Waals surface area contributed by atoms with Crippen molar-refractivity contribution in [2.75, 3.05) is 13.1 Å². The molecule has 2 aliphatic rings. The molecule has 0 spiro atoms. The first-order valence-electron chi connectivity index (χ1n) is 7.36. The van der Waals surface area contributed by atoms with Crippen LogP contribution in [0.2, 0.25) is 0 Å². The number of hydrogen-bond acceptors (Lipinski definition) is 3. The minimum Gasteiger partial charge on any atom is -0.467 e. The summed E-state index contributed by atoms with van der Waals surface area (Å²) in [5, 5.41) is 0. The fourth-order valence-corrected chi connectivity index (χ4v) is 3.08. The van der Waals surface area contributed by atoms with Crippen molar-refractivity contribution in [3.8, 4) is 0 Å². The van der Waals surface area contributed by atoms with Crippen molar-refractivity contribution in [3.63, 3.8) is 0 Å². The Kier molecular flexibility index (Phi) is 3.76. The third kappa shape index (κ3) is 2.57. The maximum Gasteiger partial charge on any atom is 0.245 e. The number of furan rings is 1. The molecular weight excluding hydrogens is 256 g/mol. The first kappa shape index (κ1) is 13.2. The molecule has 0 saturated carbocycles. The van der Waals surface area contributed by atoms with Crippen LogP contribution in [-0.4, -0.2) is 40.7 Å². The summed E-state index contributed by atoms with van der Waals surface area (Å²) in [6.07, 6.45) is 6.04. The van der Waals surface area contributed by atoms with Gasteiger partial charge < -0.3 is 14.2 Å². The first-order valence-corrected chi connectivity index (χ1v) is 7.36. The molecule has 0 aromatic carbocycles. The van der Waals surface area contributed by atoms with E-state index in [9.17, 15) is 9.59 Å². The molecule has 2 aliphatic heterocycles. The van der Waals surface area contributed by atoms with Gasteiger partial charge in [0, 0.05) is 19.5 Å². The lowest BCUT2D eigenvalue weighted by Gasteiger charge is -2.32. The lowest BCUT2D eigenvalue weighted by atomic mass is 10.1. The highest BCUT2D eigenvalue weighted by atomic mass is 16.3. The number of rotatable bonds is 3. The highest BCUT2D eigenvalue weighted by Gasteiger charge is 2.38. The quantitative estimate of drug-likeness (QED) is 0.845. The highest BCUT2D eigenvalue weighted by molar-refractivity contribution is 5.90. The maximum atomic E-state index is 12.6. The van der Waals surface area contributed by atoms with E-state index in [1.807, 2.05) is 11.0 Å². The molecule has 2 amide bonds. The molecule has 2 fully saturated rings. The minimum atomic E-state index is -0.300. The summed E-state index contributed by atoms with van der Waals surface area (Å²) in [4.78, 5) is 28.2. The Morgan fingerprint density at radius 3 is 2.80 bits per heavy atom. The lowest BCUT2D eigenvalue weighted by Crippen LogP contribution is -2.48. The average Bonchev–Trinajstić information content (AvgIpc) is 3.11. The number of piperidine rings is 1. The maximum absolute atomic E-state index is 12.6. The second-order valence-corrected chi connectivity index (χ2v) is 5.54. The third-order valence-corrected chi connectivity index (χ3v) is 4.19. The van der Waals surface area contributed by atoms with E-state index in [1.165, 1.54) is 6.42 Å². The van der Waals surface area contributed by atoms with Gasteiger partial charge in [0.25, 0.3) is 0 Å². The molecule has 1 unspecified atom stereocenters. The predicted octanol–water partition coefficient (Wildman–Crippen LogP) is 1.78. The monoisotopic (exact) mass is 276 g/mol. The van der Waals surface area contributed by atoms with E-state index in [-0.39, 0.29) is 17.9 Å². The Bertz CT molecular complexity index is 477.